The Morgan fingerprint density at radius 2 is 1.34 bits per heavy atom. The van der Waals surface area contributed by atoms with Crippen LogP contribution in [-0.2, 0) is 49.2 Å². The van der Waals surface area contributed by atoms with Gasteiger partial charge in [-0.25, -0.2) is 14.6 Å². The summed E-state index contributed by atoms with van der Waals surface area (Å²) in [7, 11) is 1.65. The highest BCUT2D eigenvalue weighted by molar-refractivity contribution is 5.67. The summed E-state index contributed by atoms with van der Waals surface area (Å²) in [5.74, 6) is 1.33. The number of nitrogens with one attached hydrogen (secondary N) is 1. The zero-order chi connectivity index (χ0) is 47.3. The highest BCUT2D eigenvalue weighted by Crippen LogP contribution is 2.35. The van der Waals surface area contributed by atoms with Crippen molar-refractivity contribution in [3.05, 3.63) is 48.7 Å². The number of aromatic nitrogens is 8. The highest BCUT2D eigenvalue weighted by Gasteiger charge is 2.29. The maximum absolute atomic E-state index is 9.75. The van der Waals surface area contributed by atoms with Crippen molar-refractivity contribution in [2.24, 2.45) is 0 Å². The number of hydrogen-bond donors (Lipinski definition) is 1. The SMILES string of the molecule is COCCOCCOCCOCCOCCOCCOCCOCCCOc1nn(C2CCC(N3CCOCC3)CC2)cc1Nc1ncc(-c2ccc(C#N)c(O[C@@H](C)Cn3cnnn3)c2)cn1. The Balaban J connectivity index is 0.884. The quantitative estimate of drug-likeness (QED) is 0.0648. The van der Waals surface area contributed by atoms with Crippen molar-refractivity contribution in [2.75, 3.05) is 144 Å². The van der Waals surface area contributed by atoms with Gasteiger partial charge in [0.05, 0.1) is 137 Å². The van der Waals surface area contributed by atoms with Gasteiger partial charge in [-0.15, -0.1) is 10.2 Å². The Labute approximate surface area is 398 Å². The van der Waals surface area contributed by atoms with E-state index in [1.807, 2.05) is 29.9 Å². The number of methoxy groups -OCH3 is 1. The number of morpholine rings is 1. The molecular weight excluding hydrogens is 883 g/mol. The lowest BCUT2D eigenvalue weighted by Crippen LogP contribution is -2.45. The van der Waals surface area contributed by atoms with E-state index in [0.717, 1.165) is 63.1 Å². The lowest BCUT2D eigenvalue weighted by atomic mass is 9.90. The van der Waals surface area contributed by atoms with Crippen molar-refractivity contribution >= 4 is 11.6 Å². The van der Waals surface area contributed by atoms with Gasteiger partial charge in [-0.3, -0.25) is 9.58 Å². The van der Waals surface area contributed by atoms with Crippen molar-refractivity contribution in [3.8, 4) is 28.8 Å². The largest absolute Gasteiger partial charge is 0.487 e. The molecule has 1 N–H and O–H groups in total. The number of tetrazole rings is 1. The molecule has 1 aliphatic heterocycles. The Kier molecular flexibility index (Phi) is 24.1. The maximum atomic E-state index is 9.75. The summed E-state index contributed by atoms with van der Waals surface area (Å²) in [5, 5.41) is 29.3. The van der Waals surface area contributed by atoms with E-state index in [0.29, 0.717) is 154 Å². The summed E-state index contributed by atoms with van der Waals surface area (Å²) in [6.45, 7) is 14.0. The summed E-state index contributed by atoms with van der Waals surface area (Å²) in [6.07, 6.45) is 11.6. The molecule has 374 valence electrons. The Morgan fingerprint density at radius 3 is 1.91 bits per heavy atom. The van der Waals surface area contributed by atoms with Gasteiger partial charge in [0.2, 0.25) is 5.95 Å². The van der Waals surface area contributed by atoms with Crippen LogP contribution in [0, 0.1) is 11.3 Å². The fraction of sp³-hybridized carbons (Fsp3) is 0.674. The van der Waals surface area contributed by atoms with Crippen LogP contribution in [0.4, 0.5) is 11.6 Å². The molecule has 2 fully saturated rings. The maximum Gasteiger partial charge on any atom is 0.256 e. The van der Waals surface area contributed by atoms with Crippen LogP contribution in [0.25, 0.3) is 11.1 Å². The van der Waals surface area contributed by atoms with Gasteiger partial charge in [0.15, 0.2) is 0 Å². The summed E-state index contributed by atoms with van der Waals surface area (Å²) >= 11 is 0. The van der Waals surface area contributed by atoms with Crippen LogP contribution in [0.2, 0.25) is 0 Å². The van der Waals surface area contributed by atoms with Gasteiger partial charge in [0.25, 0.3) is 5.88 Å². The topological polar surface area (TPSA) is 228 Å². The minimum Gasteiger partial charge on any atom is -0.487 e. The number of anilines is 2. The monoisotopic (exact) mass is 952 g/mol. The molecule has 6 rings (SSSR count). The van der Waals surface area contributed by atoms with Crippen LogP contribution in [-0.4, -0.2) is 196 Å². The summed E-state index contributed by atoms with van der Waals surface area (Å²) < 4.78 is 65.4. The Bertz CT molecular complexity index is 1980. The molecule has 22 heteroatoms. The van der Waals surface area contributed by atoms with Gasteiger partial charge in [-0.1, -0.05) is 6.07 Å². The van der Waals surface area contributed by atoms with Gasteiger partial charge in [0.1, 0.15) is 29.9 Å². The zero-order valence-corrected chi connectivity index (χ0v) is 39.6. The predicted molar refractivity (Wildman–Crippen MR) is 247 cm³/mol. The zero-order valence-electron chi connectivity index (χ0n) is 39.6. The van der Waals surface area contributed by atoms with Gasteiger partial charge >= 0.3 is 0 Å². The molecule has 1 aromatic carbocycles. The van der Waals surface area contributed by atoms with Crippen LogP contribution in [0.1, 0.15) is 50.6 Å². The lowest BCUT2D eigenvalue weighted by Gasteiger charge is -2.38. The molecule has 2 aliphatic rings. The van der Waals surface area contributed by atoms with Crippen LogP contribution in [0.5, 0.6) is 11.6 Å². The van der Waals surface area contributed by atoms with E-state index in [2.05, 4.69) is 41.8 Å². The Hall–Kier alpha value is -4.93. The predicted octanol–water partition coefficient (Wildman–Crippen LogP) is 3.76. The molecule has 4 heterocycles. The van der Waals surface area contributed by atoms with Crippen LogP contribution >= 0.6 is 0 Å². The molecular formula is C46H69N11O11. The normalized spacial score (nSPS) is 17.0. The van der Waals surface area contributed by atoms with Crippen molar-refractivity contribution < 1.29 is 52.1 Å². The molecule has 22 nitrogen and oxygen atoms in total. The smallest absolute Gasteiger partial charge is 0.256 e. The number of ether oxygens (including phenoxy) is 11. The summed E-state index contributed by atoms with van der Waals surface area (Å²) in [4.78, 5) is 11.8. The fourth-order valence-electron chi connectivity index (χ4n) is 7.61. The molecule has 3 aromatic heterocycles. The van der Waals surface area contributed by atoms with E-state index in [1.54, 1.807) is 30.3 Å². The molecule has 4 aromatic rings. The van der Waals surface area contributed by atoms with E-state index in [1.165, 1.54) is 6.33 Å². The second-order valence-electron chi connectivity index (χ2n) is 16.1. The second-order valence-corrected chi connectivity index (χ2v) is 16.1. The first-order chi connectivity index (χ1) is 33.6. The third-order valence-electron chi connectivity index (χ3n) is 11.1. The van der Waals surface area contributed by atoms with Crippen molar-refractivity contribution in [2.45, 2.75) is 63.8 Å². The third-order valence-corrected chi connectivity index (χ3v) is 11.1. The first kappa shape index (κ1) is 52.4. The molecule has 0 unspecified atom stereocenters. The van der Waals surface area contributed by atoms with Crippen molar-refractivity contribution in [3.63, 3.8) is 0 Å². The molecule has 0 bridgehead atoms. The molecule has 1 aliphatic carbocycles. The number of nitriles is 1. The van der Waals surface area contributed by atoms with E-state index in [4.69, 9.17) is 57.2 Å². The minimum atomic E-state index is -0.291. The number of hydrogen-bond acceptors (Lipinski definition) is 20. The standard InChI is InChI=1S/C46H69N11O11/c1-37(34-56-36-50-53-54-56)68-44-30-38(4-5-39(44)31-47)40-32-48-46(49-33-40)51-43-35-57(42-8-6-41(7-9-42)55-10-14-60-15-11-55)52-45(43)67-13-3-12-59-18-19-62-22-23-64-26-27-66-29-28-65-25-24-63-21-20-61-17-16-58-2/h4-5,30,32-33,35-37,41-42H,3,6-29,34H2,1-2H3,(H,48,49,51)/t37-,41?,42?/m0/s1. The summed E-state index contributed by atoms with van der Waals surface area (Å²) in [5.41, 5.74) is 2.67. The lowest BCUT2D eigenvalue weighted by molar-refractivity contribution is -0.0223. The molecule has 1 saturated heterocycles. The molecule has 1 saturated carbocycles. The number of benzene rings is 1. The van der Waals surface area contributed by atoms with Gasteiger partial charge in [-0.2, -0.15) is 5.26 Å². The average Bonchev–Trinajstić information content (AvgIpc) is 4.04. The minimum absolute atomic E-state index is 0.254. The first-order valence-corrected chi connectivity index (χ1v) is 23.7. The van der Waals surface area contributed by atoms with Crippen LogP contribution in [0.3, 0.4) is 0 Å². The molecule has 68 heavy (non-hydrogen) atoms. The van der Waals surface area contributed by atoms with E-state index < -0.39 is 0 Å². The average molecular weight is 952 g/mol. The number of rotatable bonds is 35. The van der Waals surface area contributed by atoms with Crippen molar-refractivity contribution in [1.29, 1.82) is 5.26 Å². The van der Waals surface area contributed by atoms with E-state index in [-0.39, 0.29) is 12.1 Å². The van der Waals surface area contributed by atoms with Gasteiger partial charge < -0.3 is 57.4 Å². The summed E-state index contributed by atoms with van der Waals surface area (Å²) in [6, 6.07) is 8.44. The van der Waals surface area contributed by atoms with Crippen LogP contribution < -0.4 is 14.8 Å². The fourth-order valence-corrected chi connectivity index (χ4v) is 7.61. The molecule has 1 atom stereocenters. The first-order valence-electron chi connectivity index (χ1n) is 23.7. The van der Waals surface area contributed by atoms with Crippen molar-refractivity contribution in [1.82, 2.24) is 44.9 Å². The van der Waals surface area contributed by atoms with Gasteiger partial charge in [0, 0.05) is 57.2 Å². The number of nitrogens with zero attached hydrogens (tertiary/aromatic N) is 10. The van der Waals surface area contributed by atoms with E-state index >= 15 is 0 Å². The molecule has 0 spiro atoms. The highest BCUT2D eigenvalue weighted by atomic mass is 16.6. The van der Waals surface area contributed by atoms with E-state index in [9.17, 15) is 5.26 Å². The Morgan fingerprint density at radius 1 is 0.750 bits per heavy atom. The molecule has 0 amide bonds. The van der Waals surface area contributed by atoms with Crippen LogP contribution in [0.15, 0.2) is 43.1 Å². The molecule has 0 radical (unpaired) electrons. The third kappa shape index (κ3) is 18.9. The van der Waals surface area contributed by atoms with Gasteiger partial charge in [-0.05, 0) is 60.7 Å². The second kappa shape index (κ2) is 31.2.